The van der Waals surface area contributed by atoms with E-state index in [4.69, 9.17) is 14.2 Å². The van der Waals surface area contributed by atoms with E-state index in [0.29, 0.717) is 19.6 Å². The third kappa shape index (κ3) is 5.47. The molecule has 112 valence electrons. The lowest BCUT2D eigenvalue weighted by molar-refractivity contribution is -0.151. The number of hydrogen-bond donors (Lipinski definition) is 1. The summed E-state index contributed by atoms with van der Waals surface area (Å²) < 4.78 is 16.2. The van der Waals surface area contributed by atoms with Crippen LogP contribution in [0.1, 0.15) is 40.0 Å². The molecule has 1 atom stereocenters. The van der Waals surface area contributed by atoms with E-state index in [1.54, 1.807) is 0 Å². The Morgan fingerprint density at radius 1 is 1.37 bits per heavy atom. The van der Waals surface area contributed by atoms with E-state index in [9.17, 15) is 4.79 Å². The first-order valence-corrected chi connectivity index (χ1v) is 7.24. The first-order valence-electron chi connectivity index (χ1n) is 7.24. The van der Waals surface area contributed by atoms with Crippen LogP contribution in [0.3, 0.4) is 0 Å². The van der Waals surface area contributed by atoms with Gasteiger partial charge in [0.1, 0.15) is 5.54 Å². The Morgan fingerprint density at radius 2 is 2.05 bits per heavy atom. The van der Waals surface area contributed by atoms with Gasteiger partial charge in [0.15, 0.2) is 0 Å². The predicted octanol–water partition coefficient (Wildman–Crippen LogP) is 1.50. The van der Waals surface area contributed by atoms with Crippen molar-refractivity contribution in [2.24, 2.45) is 0 Å². The summed E-state index contributed by atoms with van der Waals surface area (Å²) in [4.78, 5) is 12.0. The van der Waals surface area contributed by atoms with Gasteiger partial charge < -0.3 is 19.5 Å². The Hall–Kier alpha value is -0.650. The Bertz CT molecular complexity index is 266. The Kier molecular flexibility index (Phi) is 7.34. The quantitative estimate of drug-likeness (QED) is 0.679. The summed E-state index contributed by atoms with van der Waals surface area (Å²) in [6, 6.07) is 0. The van der Waals surface area contributed by atoms with Crippen molar-refractivity contribution in [2.75, 3.05) is 33.0 Å². The largest absolute Gasteiger partial charge is 0.465 e. The third-order valence-electron chi connectivity index (χ3n) is 3.42. The van der Waals surface area contributed by atoms with Gasteiger partial charge in [0.25, 0.3) is 0 Å². The molecule has 0 aliphatic carbocycles. The fourth-order valence-electron chi connectivity index (χ4n) is 2.22. The predicted molar refractivity (Wildman–Crippen MR) is 73.1 cm³/mol. The second-order valence-electron chi connectivity index (χ2n) is 5.02. The highest BCUT2D eigenvalue weighted by Crippen LogP contribution is 2.16. The van der Waals surface area contributed by atoms with E-state index in [0.717, 1.165) is 32.6 Å². The van der Waals surface area contributed by atoms with Gasteiger partial charge in [-0.05, 0) is 39.7 Å². The lowest BCUT2D eigenvalue weighted by Gasteiger charge is -2.29. The number of carbonyl (C=O) groups excluding carboxylic acids is 1. The van der Waals surface area contributed by atoms with E-state index in [1.165, 1.54) is 0 Å². The van der Waals surface area contributed by atoms with Gasteiger partial charge >= 0.3 is 5.97 Å². The summed E-state index contributed by atoms with van der Waals surface area (Å²) >= 11 is 0. The van der Waals surface area contributed by atoms with E-state index >= 15 is 0 Å². The number of likely N-dealkylation sites (N-methyl/N-ethyl adjacent to an activating group) is 1. The van der Waals surface area contributed by atoms with Gasteiger partial charge in [-0.2, -0.15) is 0 Å². The van der Waals surface area contributed by atoms with E-state index in [2.05, 4.69) is 5.32 Å². The van der Waals surface area contributed by atoms with E-state index in [-0.39, 0.29) is 12.1 Å². The average Bonchev–Trinajstić information content (AvgIpc) is 2.40. The zero-order valence-electron chi connectivity index (χ0n) is 12.4. The van der Waals surface area contributed by atoms with E-state index < -0.39 is 5.54 Å². The number of ether oxygens (including phenoxy) is 3. The molecule has 0 aromatic carbocycles. The maximum Gasteiger partial charge on any atom is 0.326 e. The molecule has 1 saturated heterocycles. The SMILES string of the molecule is CCNC(C)(CCOC1CCOCC1)C(=O)OCC. The monoisotopic (exact) mass is 273 g/mol. The van der Waals surface area contributed by atoms with Crippen LogP contribution < -0.4 is 5.32 Å². The van der Waals surface area contributed by atoms with Gasteiger partial charge in [-0.3, -0.25) is 4.79 Å². The van der Waals surface area contributed by atoms with Crippen molar-refractivity contribution in [3.05, 3.63) is 0 Å². The van der Waals surface area contributed by atoms with E-state index in [1.807, 2.05) is 20.8 Å². The summed E-state index contributed by atoms with van der Waals surface area (Å²) in [5.74, 6) is -0.201. The fourth-order valence-corrected chi connectivity index (χ4v) is 2.22. The van der Waals surface area contributed by atoms with Crippen molar-refractivity contribution in [3.8, 4) is 0 Å². The molecule has 5 nitrogen and oxygen atoms in total. The van der Waals surface area contributed by atoms with Crippen molar-refractivity contribution < 1.29 is 19.0 Å². The number of rotatable bonds is 8. The molecule has 1 heterocycles. The second-order valence-corrected chi connectivity index (χ2v) is 5.02. The standard InChI is InChI=1S/C14H27NO4/c1-4-15-14(3,13(16)18-5-2)8-11-19-12-6-9-17-10-7-12/h12,15H,4-11H2,1-3H3. The molecule has 0 saturated carbocycles. The molecule has 1 unspecified atom stereocenters. The normalized spacial score (nSPS) is 19.9. The number of hydrogen-bond acceptors (Lipinski definition) is 5. The van der Waals surface area contributed by atoms with Crippen molar-refractivity contribution in [2.45, 2.75) is 51.7 Å². The smallest absolute Gasteiger partial charge is 0.326 e. The number of esters is 1. The molecule has 1 aliphatic heterocycles. The zero-order valence-corrected chi connectivity index (χ0v) is 12.4. The minimum Gasteiger partial charge on any atom is -0.465 e. The maximum absolute atomic E-state index is 12.0. The molecule has 5 heteroatoms. The molecule has 1 aliphatic rings. The molecule has 19 heavy (non-hydrogen) atoms. The molecule has 0 spiro atoms. The van der Waals surface area contributed by atoms with Gasteiger partial charge in [0.2, 0.25) is 0 Å². The summed E-state index contributed by atoms with van der Waals surface area (Å²) in [5, 5.41) is 3.20. The number of nitrogens with one attached hydrogen (secondary N) is 1. The molecule has 0 amide bonds. The lowest BCUT2D eigenvalue weighted by atomic mass is 9.98. The highest BCUT2D eigenvalue weighted by Gasteiger charge is 2.33. The molecule has 0 radical (unpaired) electrons. The minimum absolute atomic E-state index is 0.201. The molecule has 1 N–H and O–H groups in total. The highest BCUT2D eigenvalue weighted by atomic mass is 16.5. The molecule has 1 fully saturated rings. The van der Waals surface area contributed by atoms with Crippen molar-refractivity contribution in [1.82, 2.24) is 5.32 Å². The van der Waals surface area contributed by atoms with Crippen LogP contribution in [0.25, 0.3) is 0 Å². The molecule has 0 bridgehead atoms. The number of carbonyl (C=O) groups is 1. The Morgan fingerprint density at radius 3 is 2.63 bits per heavy atom. The highest BCUT2D eigenvalue weighted by molar-refractivity contribution is 5.80. The average molecular weight is 273 g/mol. The first-order chi connectivity index (χ1) is 9.12. The summed E-state index contributed by atoms with van der Waals surface area (Å²) in [7, 11) is 0. The molecular weight excluding hydrogens is 246 g/mol. The van der Waals surface area contributed by atoms with Crippen LogP contribution in [0.15, 0.2) is 0 Å². The summed E-state index contributed by atoms with van der Waals surface area (Å²) in [6.45, 7) is 8.92. The van der Waals surface area contributed by atoms with Crippen LogP contribution in [0.2, 0.25) is 0 Å². The van der Waals surface area contributed by atoms with Crippen LogP contribution in [0, 0.1) is 0 Å². The van der Waals surface area contributed by atoms with Gasteiger partial charge in [-0.1, -0.05) is 6.92 Å². The van der Waals surface area contributed by atoms with Gasteiger partial charge in [0.05, 0.1) is 12.7 Å². The van der Waals surface area contributed by atoms with Crippen LogP contribution >= 0.6 is 0 Å². The van der Waals surface area contributed by atoms with Gasteiger partial charge in [-0.25, -0.2) is 0 Å². The minimum atomic E-state index is -0.657. The van der Waals surface area contributed by atoms with Gasteiger partial charge in [-0.15, -0.1) is 0 Å². The van der Waals surface area contributed by atoms with Gasteiger partial charge in [0, 0.05) is 19.8 Å². The van der Waals surface area contributed by atoms with Crippen molar-refractivity contribution >= 4 is 5.97 Å². The topological polar surface area (TPSA) is 56.8 Å². The third-order valence-corrected chi connectivity index (χ3v) is 3.42. The van der Waals surface area contributed by atoms with Crippen LogP contribution in [-0.2, 0) is 19.0 Å². The summed E-state index contributed by atoms with van der Waals surface area (Å²) in [6.07, 6.45) is 2.77. The van der Waals surface area contributed by atoms with Crippen molar-refractivity contribution in [1.29, 1.82) is 0 Å². The lowest BCUT2D eigenvalue weighted by Crippen LogP contribution is -2.51. The molecular formula is C14H27NO4. The Balaban J connectivity index is 2.37. The first kappa shape index (κ1) is 16.4. The molecule has 1 rings (SSSR count). The Labute approximate surface area is 116 Å². The fraction of sp³-hybridized carbons (Fsp3) is 0.929. The zero-order chi connectivity index (χ0) is 14.1. The van der Waals surface area contributed by atoms with Crippen LogP contribution in [0.5, 0.6) is 0 Å². The second kappa shape index (κ2) is 8.51. The molecule has 0 aromatic heterocycles. The maximum atomic E-state index is 12.0. The van der Waals surface area contributed by atoms with Crippen LogP contribution in [0.4, 0.5) is 0 Å². The molecule has 0 aromatic rings. The summed E-state index contributed by atoms with van der Waals surface area (Å²) in [5.41, 5.74) is -0.657. The van der Waals surface area contributed by atoms with Crippen molar-refractivity contribution in [3.63, 3.8) is 0 Å². The van der Waals surface area contributed by atoms with Crippen LogP contribution in [-0.4, -0.2) is 50.6 Å².